The predicted molar refractivity (Wildman–Crippen MR) is 74.6 cm³/mol. The smallest absolute Gasteiger partial charge is 0.272 e. The maximum Gasteiger partial charge on any atom is 0.272 e. The highest BCUT2D eigenvalue weighted by atomic mass is 32.1. The minimum absolute atomic E-state index is 0.188. The molecule has 98 valence electrons. The van der Waals surface area contributed by atoms with Gasteiger partial charge in [-0.05, 0) is 17.5 Å². The molecule has 2 rings (SSSR count). The van der Waals surface area contributed by atoms with E-state index >= 15 is 0 Å². The summed E-state index contributed by atoms with van der Waals surface area (Å²) in [6.07, 6.45) is 1.73. The molecule has 2 aromatic rings. The van der Waals surface area contributed by atoms with E-state index in [9.17, 15) is 4.79 Å². The van der Waals surface area contributed by atoms with Gasteiger partial charge >= 0.3 is 0 Å². The standard InChI is InChI=1S/C13H14N4OS/c1-17-7-4-11(16-17)13(18)15-9-12-10(3-2-6-14)5-8-19-12/h4-5,7-8H,6,9,14H2,1H3,(H,15,18). The average molecular weight is 274 g/mol. The van der Waals surface area contributed by atoms with E-state index in [1.54, 1.807) is 35.3 Å². The summed E-state index contributed by atoms with van der Waals surface area (Å²) < 4.78 is 1.60. The number of hydrogen-bond acceptors (Lipinski definition) is 4. The Balaban J connectivity index is 1.99. The first kappa shape index (κ1) is 13.3. The molecule has 2 aromatic heterocycles. The first-order chi connectivity index (χ1) is 9.20. The van der Waals surface area contributed by atoms with Gasteiger partial charge in [-0.25, -0.2) is 0 Å². The zero-order valence-corrected chi connectivity index (χ0v) is 11.3. The number of amides is 1. The lowest BCUT2D eigenvalue weighted by Gasteiger charge is -2.01. The van der Waals surface area contributed by atoms with Crippen LogP contribution in [0.5, 0.6) is 0 Å². The molecule has 0 spiro atoms. The van der Waals surface area contributed by atoms with E-state index < -0.39 is 0 Å². The number of nitrogens with two attached hydrogens (primary N) is 1. The number of nitrogens with one attached hydrogen (secondary N) is 1. The third kappa shape index (κ3) is 3.44. The fourth-order valence-corrected chi connectivity index (χ4v) is 2.29. The second kappa shape index (κ2) is 6.18. The molecule has 0 unspecified atom stereocenters. The van der Waals surface area contributed by atoms with Gasteiger partial charge in [0.05, 0.1) is 13.1 Å². The van der Waals surface area contributed by atoms with Gasteiger partial charge in [-0.1, -0.05) is 11.8 Å². The van der Waals surface area contributed by atoms with Crippen molar-refractivity contribution < 1.29 is 4.79 Å². The lowest BCUT2D eigenvalue weighted by Crippen LogP contribution is -2.23. The van der Waals surface area contributed by atoms with Gasteiger partial charge in [-0.15, -0.1) is 11.3 Å². The van der Waals surface area contributed by atoms with Crippen LogP contribution in [0.1, 0.15) is 20.9 Å². The maximum atomic E-state index is 11.8. The van der Waals surface area contributed by atoms with Crippen molar-refractivity contribution in [1.82, 2.24) is 15.1 Å². The van der Waals surface area contributed by atoms with Gasteiger partial charge in [-0.2, -0.15) is 5.10 Å². The first-order valence-corrected chi connectivity index (χ1v) is 6.62. The van der Waals surface area contributed by atoms with Crippen LogP contribution in [-0.4, -0.2) is 22.2 Å². The van der Waals surface area contributed by atoms with Crippen molar-refractivity contribution in [2.24, 2.45) is 12.8 Å². The number of aryl methyl sites for hydroxylation is 1. The summed E-state index contributed by atoms with van der Waals surface area (Å²) in [5, 5.41) is 8.82. The zero-order chi connectivity index (χ0) is 13.7. The first-order valence-electron chi connectivity index (χ1n) is 5.74. The number of aromatic nitrogens is 2. The number of thiophene rings is 1. The molecule has 19 heavy (non-hydrogen) atoms. The van der Waals surface area contributed by atoms with Crippen LogP contribution in [-0.2, 0) is 13.6 Å². The lowest BCUT2D eigenvalue weighted by atomic mass is 10.2. The van der Waals surface area contributed by atoms with Crippen LogP contribution in [0.4, 0.5) is 0 Å². The summed E-state index contributed by atoms with van der Waals surface area (Å²) in [7, 11) is 1.77. The quantitative estimate of drug-likeness (QED) is 0.810. The van der Waals surface area contributed by atoms with Crippen LogP contribution < -0.4 is 11.1 Å². The summed E-state index contributed by atoms with van der Waals surface area (Å²) in [6, 6.07) is 3.61. The van der Waals surface area contributed by atoms with Crippen molar-refractivity contribution in [3.8, 4) is 11.8 Å². The minimum atomic E-state index is -0.188. The normalized spacial score (nSPS) is 9.79. The molecule has 3 N–H and O–H groups in total. The van der Waals surface area contributed by atoms with Crippen molar-refractivity contribution in [3.05, 3.63) is 39.8 Å². The highest BCUT2D eigenvalue weighted by Gasteiger charge is 2.09. The van der Waals surface area contributed by atoms with E-state index in [-0.39, 0.29) is 5.91 Å². The molecule has 0 atom stereocenters. The monoisotopic (exact) mass is 274 g/mol. The van der Waals surface area contributed by atoms with E-state index in [1.165, 1.54) is 0 Å². The van der Waals surface area contributed by atoms with Crippen LogP contribution in [0, 0.1) is 11.8 Å². The number of nitrogens with zero attached hydrogens (tertiary/aromatic N) is 2. The minimum Gasteiger partial charge on any atom is -0.346 e. The molecule has 0 aromatic carbocycles. The Bertz CT molecular complexity index is 632. The van der Waals surface area contributed by atoms with E-state index in [0.29, 0.717) is 18.8 Å². The van der Waals surface area contributed by atoms with Crippen molar-refractivity contribution in [2.45, 2.75) is 6.54 Å². The average Bonchev–Trinajstić information content (AvgIpc) is 3.02. The van der Waals surface area contributed by atoms with E-state index in [2.05, 4.69) is 22.3 Å². The molecular weight excluding hydrogens is 260 g/mol. The Morgan fingerprint density at radius 1 is 1.58 bits per heavy atom. The van der Waals surface area contributed by atoms with Gasteiger partial charge in [0.1, 0.15) is 5.69 Å². The topological polar surface area (TPSA) is 72.9 Å². The third-order valence-corrected chi connectivity index (χ3v) is 3.35. The molecule has 0 radical (unpaired) electrons. The highest BCUT2D eigenvalue weighted by Crippen LogP contribution is 2.15. The molecule has 0 aliphatic rings. The molecule has 0 saturated heterocycles. The Morgan fingerprint density at radius 3 is 3.11 bits per heavy atom. The second-order valence-corrected chi connectivity index (χ2v) is 4.82. The second-order valence-electron chi connectivity index (χ2n) is 3.82. The number of carbonyl (C=O) groups excluding carboxylic acids is 1. The fourth-order valence-electron chi connectivity index (χ4n) is 1.52. The van der Waals surface area contributed by atoms with Gasteiger partial charge in [0.15, 0.2) is 0 Å². The lowest BCUT2D eigenvalue weighted by molar-refractivity contribution is 0.0945. The molecule has 6 heteroatoms. The molecule has 1 amide bonds. The highest BCUT2D eigenvalue weighted by molar-refractivity contribution is 7.10. The number of rotatable bonds is 3. The molecule has 0 aliphatic carbocycles. The summed E-state index contributed by atoms with van der Waals surface area (Å²) >= 11 is 1.56. The van der Waals surface area contributed by atoms with Crippen molar-refractivity contribution in [2.75, 3.05) is 6.54 Å². The molecule has 2 heterocycles. The van der Waals surface area contributed by atoms with Crippen LogP contribution >= 0.6 is 11.3 Å². The largest absolute Gasteiger partial charge is 0.346 e. The zero-order valence-electron chi connectivity index (χ0n) is 10.5. The molecule has 0 saturated carbocycles. The predicted octanol–water partition coefficient (Wildman–Crippen LogP) is 0.722. The van der Waals surface area contributed by atoms with Crippen LogP contribution in [0.2, 0.25) is 0 Å². The molecular formula is C13H14N4OS. The van der Waals surface area contributed by atoms with Gasteiger partial charge in [-0.3, -0.25) is 9.48 Å². The van der Waals surface area contributed by atoms with E-state index in [1.807, 2.05) is 11.4 Å². The summed E-state index contributed by atoms with van der Waals surface area (Å²) in [6.45, 7) is 0.775. The number of hydrogen-bond donors (Lipinski definition) is 2. The number of carbonyl (C=O) groups is 1. The Morgan fingerprint density at radius 2 is 2.42 bits per heavy atom. The SMILES string of the molecule is Cn1ccc(C(=O)NCc2sccc2C#CCN)n1. The Labute approximate surface area is 115 Å². The van der Waals surface area contributed by atoms with Crippen LogP contribution in [0.25, 0.3) is 0 Å². The molecule has 0 bridgehead atoms. The molecule has 0 fully saturated rings. The van der Waals surface area contributed by atoms with Crippen molar-refractivity contribution in [1.29, 1.82) is 0 Å². The Hall–Kier alpha value is -2.10. The van der Waals surface area contributed by atoms with Crippen molar-refractivity contribution >= 4 is 17.2 Å². The van der Waals surface area contributed by atoms with E-state index in [4.69, 9.17) is 5.73 Å². The summed E-state index contributed by atoms with van der Waals surface area (Å²) in [5.41, 5.74) is 6.67. The summed E-state index contributed by atoms with van der Waals surface area (Å²) in [5.74, 6) is 5.61. The van der Waals surface area contributed by atoms with E-state index in [0.717, 1.165) is 10.4 Å². The van der Waals surface area contributed by atoms with Gasteiger partial charge < -0.3 is 11.1 Å². The third-order valence-electron chi connectivity index (χ3n) is 2.43. The van der Waals surface area contributed by atoms with Crippen LogP contribution in [0.3, 0.4) is 0 Å². The summed E-state index contributed by atoms with van der Waals surface area (Å²) in [4.78, 5) is 12.9. The van der Waals surface area contributed by atoms with Crippen molar-refractivity contribution in [3.63, 3.8) is 0 Å². The maximum absolute atomic E-state index is 11.8. The molecule has 5 nitrogen and oxygen atoms in total. The fraction of sp³-hybridized carbons (Fsp3) is 0.231. The van der Waals surface area contributed by atoms with Gasteiger partial charge in [0, 0.05) is 23.7 Å². The van der Waals surface area contributed by atoms with Gasteiger partial charge in [0.2, 0.25) is 0 Å². The Kier molecular flexibility index (Phi) is 4.34. The van der Waals surface area contributed by atoms with Crippen LogP contribution in [0.15, 0.2) is 23.7 Å². The van der Waals surface area contributed by atoms with Gasteiger partial charge in [0.25, 0.3) is 5.91 Å². The molecule has 0 aliphatic heterocycles.